The van der Waals surface area contributed by atoms with Crippen molar-refractivity contribution in [3.8, 4) is 11.5 Å². The molecule has 1 saturated heterocycles. The third-order valence-corrected chi connectivity index (χ3v) is 3.60. The molecule has 1 fully saturated rings. The van der Waals surface area contributed by atoms with Gasteiger partial charge in [-0.3, -0.25) is 4.79 Å². The van der Waals surface area contributed by atoms with Gasteiger partial charge in [0.05, 0.1) is 14.2 Å². The third kappa shape index (κ3) is 4.38. The topological polar surface area (TPSA) is 129 Å². The van der Waals surface area contributed by atoms with Crippen molar-refractivity contribution >= 4 is 23.8 Å². The lowest BCUT2D eigenvalue weighted by molar-refractivity contribution is -0.154. The molecule has 1 aliphatic rings. The van der Waals surface area contributed by atoms with Crippen LogP contribution in [0.3, 0.4) is 0 Å². The Balaban J connectivity index is 1.92. The summed E-state index contributed by atoms with van der Waals surface area (Å²) in [6, 6.07) is 5.00. The zero-order valence-corrected chi connectivity index (χ0v) is 14.1. The maximum absolute atomic E-state index is 11.7. The van der Waals surface area contributed by atoms with Gasteiger partial charge in [0.1, 0.15) is 24.2 Å². The standard InChI is InChI=1S/C17H18O9/c1-23-10-5-3-9(12(7-10)24-2)4-6-13(19)25-8-11(18)16-14(20)15(21)17(22)26-16/h3-7,11,15-16,18,21H,8H2,1-2H3/t11-,15?,16+/m0/s1. The Kier molecular flexibility index (Phi) is 6.31. The molecule has 1 heterocycles. The van der Waals surface area contributed by atoms with Gasteiger partial charge in [-0.15, -0.1) is 0 Å². The number of cyclic esters (lactones) is 1. The lowest BCUT2D eigenvalue weighted by Crippen LogP contribution is -2.37. The van der Waals surface area contributed by atoms with Crippen LogP contribution in [0.25, 0.3) is 6.08 Å². The molecule has 1 aromatic rings. The van der Waals surface area contributed by atoms with E-state index in [4.69, 9.17) is 14.2 Å². The van der Waals surface area contributed by atoms with E-state index >= 15 is 0 Å². The molecule has 1 aromatic carbocycles. The van der Waals surface area contributed by atoms with E-state index in [2.05, 4.69) is 4.74 Å². The number of methoxy groups -OCH3 is 2. The summed E-state index contributed by atoms with van der Waals surface area (Å²) in [6.07, 6.45) is -2.51. The summed E-state index contributed by atoms with van der Waals surface area (Å²) in [5.41, 5.74) is 0.592. The smallest absolute Gasteiger partial charge is 0.343 e. The first kappa shape index (κ1) is 19.4. The summed E-state index contributed by atoms with van der Waals surface area (Å²) in [4.78, 5) is 34.3. The Hall–Kier alpha value is -2.91. The number of carbonyl (C=O) groups is 3. The molecule has 2 N–H and O–H groups in total. The van der Waals surface area contributed by atoms with Crippen molar-refractivity contribution in [3.05, 3.63) is 29.8 Å². The number of rotatable bonds is 7. The molecule has 2 rings (SSSR count). The molecule has 0 radical (unpaired) electrons. The zero-order valence-electron chi connectivity index (χ0n) is 14.1. The molecule has 0 aliphatic carbocycles. The van der Waals surface area contributed by atoms with Crippen molar-refractivity contribution in [1.29, 1.82) is 0 Å². The van der Waals surface area contributed by atoms with Crippen LogP contribution in [0.5, 0.6) is 11.5 Å². The highest BCUT2D eigenvalue weighted by Gasteiger charge is 2.46. The molecule has 1 unspecified atom stereocenters. The molecule has 3 atom stereocenters. The van der Waals surface area contributed by atoms with E-state index in [9.17, 15) is 24.6 Å². The minimum absolute atomic E-state index is 0.478. The van der Waals surface area contributed by atoms with Gasteiger partial charge < -0.3 is 29.2 Å². The lowest BCUT2D eigenvalue weighted by atomic mass is 10.1. The normalized spacial score (nSPS) is 20.8. The van der Waals surface area contributed by atoms with E-state index in [0.29, 0.717) is 17.1 Å². The Labute approximate surface area is 148 Å². The maximum atomic E-state index is 11.7. The molecule has 1 aliphatic heterocycles. The fourth-order valence-corrected chi connectivity index (χ4v) is 2.20. The number of hydrogen-bond acceptors (Lipinski definition) is 9. The number of hydrogen-bond donors (Lipinski definition) is 2. The van der Waals surface area contributed by atoms with Gasteiger partial charge in [0.15, 0.2) is 6.10 Å². The first-order valence-electron chi connectivity index (χ1n) is 7.54. The van der Waals surface area contributed by atoms with E-state index in [1.54, 1.807) is 18.2 Å². The highest BCUT2D eigenvalue weighted by atomic mass is 16.6. The minimum Gasteiger partial charge on any atom is -0.497 e. The highest BCUT2D eigenvalue weighted by Crippen LogP contribution is 2.25. The number of aliphatic hydroxyl groups excluding tert-OH is 2. The lowest BCUT2D eigenvalue weighted by Gasteiger charge is -2.14. The van der Waals surface area contributed by atoms with E-state index in [0.717, 1.165) is 6.08 Å². The molecule has 0 spiro atoms. The Bertz CT molecular complexity index is 725. The second kappa shape index (κ2) is 8.45. The van der Waals surface area contributed by atoms with Crippen molar-refractivity contribution in [2.75, 3.05) is 20.8 Å². The largest absolute Gasteiger partial charge is 0.497 e. The molecule has 0 amide bonds. The van der Waals surface area contributed by atoms with Crippen molar-refractivity contribution < 1.29 is 43.5 Å². The summed E-state index contributed by atoms with van der Waals surface area (Å²) in [6.45, 7) is -0.584. The average Bonchev–Trinajstić information content (AvgIpc) is 2.91. The van der Waals surface area contributed by atoms with E-state index in [1.807, 2.05) is 0 Å². The van der Waals surface area contributed by atoms with Crippen LogP contribution in [0, 0.1) is 0 Å². The van der Waals surface area contributed by atoms with Crippen LogP contribution in [-0.2, 0) is 23.9 Å². The third-order valence-electron chi connectivity index (χ3n) is 3.60. The van der Waals surface area contributed by atoms with Crippen LogP contribution in [0.15, 0.2) is 24.3 Å². The van der Waals surface area contributed by atoms with Crippen LogP contribution in [0.4, 0.5) is 0 Å². The number of benzene rings is 1. The fourth-order valence-electron chi connectivity index (χ4n) is 2.20. The van der Waals surface area contributed by atoms with Crippen molar-refractivity contribution in [2.24, 2.45) is 0 Å². The SMILES string of the molecule is COc1ccc(C=CC(=O)OC[C@H](O)[C@H]2OC(=O)C(O)C2=O)c(OC)c1. The summed E-state index contributed by atoms with van der Waals surface area (Å²) in [5, 5.41) is 19.0. The number of Topliss-reactive ketones (excluding diaryl/α,β-unsaturated/α-hetero) is 1. The minimum atomic E-state index is -1.92. The predicted octanol–water partition coefficient (Wildman–Crippen LogP) is -0.524. The number of esters is 2. The van der Waals surface area contributed by atoms with Gasteiger partial charge in [-0.2, -0.15) is 0 Å². The summed E-state index contributed by atoms with van der Waals surface area (Å²) < 4.78 is 19.6. The molecule has 0 aromatic heterocycles. The number of carbonyl (C=O) groups excluding carboxylic acids is 3. The van der Waals surface area contributed by atoms with Gasteiger partial charge in [0.25, 0.3) is 0 Å². The van der Waals surface area contributed by atoms with Crippen LogP contribution < -0.4 is 9.47 Å². The Morgan fingerprint density at radius 3 is 2.62 bits per heavy atom. The Morgan fingerprint density at radius 2 is 2.04 bits per heavy atom. The van der Waals surface area contributed by atoms with Gasteiger partial charge in [-0.25, -0.2) is 9.59 Å². The van der Waals surface area contributed by atoms with Crippen molar-refractivity contribution in [3.63, 3.8) is 0 Å². The Morgan fingerprint density at radius 1 is 1.31 bits per heavy atom. The van der Waals surface area contributed by atoms with Crippen molar-refractivity contribution in [1.82, 2.24) is 0 Å². The fraction of sp³-hybridized carbons (Fsp3) is 0.353. The summed E-state index contributed by atoms with van der Waals surface area (Å²) >= 11 is 0. The van der Waals surface area contributed by atoms with Crippen LogP contribution in [0.2, 0.25) is 0 Å². The molecule has 140 valence electrons. The predicted molar refractivity (Wildman–Crippen MR) is 86.4 cm³/mol. The second-order valence-corrected chi connectivity index (χ2v) is 5.30. The number of ether oxygens (including phenoxy) is 4. The molecule has 9 heteroatoms. The van der Waals surface area contributed by atoms with Gasteiger partial charge in [0, 0.05) is 17.7 Å². The quantitative estimate of drug-likeness (QED) is 0.372. The zero-order chi connectivity index (χ0) is 19.3. The van der Waals surface area contributed by atoms with Crippen LogP contribution in [0.1, 0.15) is 5.56 Å². The second-order valence-electron chi connectivity index (χ2n) is 5.30. The molecule has 9 nitrogen and oxygen atoms in total. The highest BCUT2D eigenvalue weighted by molar-refractivity contribution is 6.09. The van der Waals surface area contributed by atoms with E-state index in [-0.39, 0.29) is 0 Å². The molecule has 26 heavy (non-hydrogen) atoms. The number of ketones is 1. The van der Waals surface area contributed by atoms with E-state index < -0.39 is 42.6 Å². The average molecular weight is 366 g/mol. The maximum Gasteiger partial charge on any atom is 0.343 e. The van der Waals surface area contributed by atoms with Gasteiger partial charge in [-0.05, 0) is 18.2 Å². The molecule has 0 bridgehead atoms. The molecular weight excluding hydrogens is 348 g/mol. The monoisotopic (exact) mass is 366 g/mol. The van der Waals surface area contributed by atoms with Gasteiger partial charge in [-0.1, -0.05) is 0 Å². The van der Waals surface area contributed by atoms with Crippen LogP contribution >= 0.6 is 0 Å². The van der Waals surface area contributed by atoms with Gasteiger partial charge in [0.2, 0.25) is 11.9 Å². The van der Waals surface area contributed by atoms with Crippen LogP contribution in [-0.4, -0.2) is 67.1 Å². The van der Waals surface area contributed by atoms with Gasteiger partial charge >= 0.3 is 11.9 Å². The summed E-state index contributed by atoms with van der Waals surface area (Å²) in [7, 11) is 2.98. The number of aliphatic hydroxyl groups is 2. The summed E-state index contributed by atoms with van der Waals surface area (Å²) in [5.74, 6) is -1.85. The first-order chi connectivity index (χ1) is 12.4. The molecule has 0 saturated carbocycles. The first-order valence-corrected chi connectivity index (χ1v) is 7.54. The molecular formula is C17H18O9. The van der Waals surface area contributed by atoms with E-state index in [1.165, 1.54) is 20.3 Å². The van der Waals surface area contributed by atoms with Crippen molar-refractivity contribution in [2.45, 2.75) is 18.3 Å².